The highest BCUT2D eigenvalue weighted by Crippen LogP contribution is 2.28. The van der Waals surface area contributed by atoms with E-state index in [1.54, 1.807) is 0 Å². The van der Waals surface area contributed by atoms with E-state index in [9.17, 15) is 13.2 Å². The summed E-state index contributed by atoms with van der Waals surface area (Å²) in [6.07, 6.45) is 2.93. The molecule has 0 aliphatic heterocycles. The van der Waals surface area contributed by atoms with Crippen LogP contribution in [-0.2, 0) is 14.8 Å². The first-order valence-corrected chi connectivity index (χ1v) is 6.68. The Bertz CT molecular complexity index is 321. The highest BCUT2D eigenvalue weighted by Gasteiger charge is 2.27. The van der Waals surface area contributed by atoms with Crippen LogP contribution in [0.2, 0.25) is 0 Å². The molecule has 0 spiro atoms. The molecule has 1 saturated carbocycles. The fraction of sp³-hybridized carbons (Fsp3) is 0.889. The van der Waals surface area contributed by atoms with Gasteiger partial charge in [-0.2, -0.15) is 0 Å². The zero-order valence-corrected chi connectivity index (χ0v) is 9.66. The van der Waals surface area contributed by atoms with Gasteiger partial charge in [0.25, 0.3) is 0 Å². The van der Waals surface area contributed by atoms with Crippen molar-refractivity contribution in [2.24, 2.45) is 5.92 Å². The molecule has 0 unspecified atom stereocenters. The molecule has 5 nitrogen and oxygen atoms in total. The molecular formula is C9H17NO4S. The van der Waals surface area contributed by atoms with E-state index in [0.29, 0.717) is 0 Å². The van der Waals surface area contributed by atoms with Crippen molar-refractivity contribution < 1.29 is 18.3 Å². The quantitative estimate of drug-likeness (QED) is 0.728. The Morgan fingerprint density at radius 2 is 2.07 bits per heavy atom. The Hall–Kier alpha value is -0.620. The van der Waals surface area contributed by atoms with Crippen molar-refractivity contribution in [1.82, 2.24) is 4.31 Å². The van der Waals surface area contributed by atoms with Crippen molar-refractivity contribution in [1.29, 1.82) is 0 Å². The molecule has 1 aliphatic carbocycles. The summed E-state index contributed by atoms with van der Waals surface area (Å²) in [6.45, 7) is 0.0599. The molecule has 0 aromatic heterocycles. The van der Waals surface area contributed by atoms with Crippen LogP contribution in [0.5, 0.6) is 0 Å². The third kappa shape index (κ3) is 3.79. The highest BCUT2D eigenvalue weighted by atomic mass is 32.2. The molecule has 1 aliphatic rings. The van der Waals surface area contributed by atoms with Gasteiger partial charge in [0.1, 0.15) is 0 Å². The van der Waals surface area contributed by atoms with Gasteiger partial charge in [-0.05, 0) is 18.8 Å². The fourth-order valence-corrected chi connectivity index (χ4v) is 3.03. The molecule has 0 atom stereocenters. The number of rotatable bonds is 6. The van der Waals surface area contributed by atoms with E-state index in [-0.39, 0.29) is 24.6 Å². The number of sulfonamides is 1. The van der Waals surface area contributed by atoms with Crippen molar-refractivity contribution >= 4 is 16.0 Å². The lowest BCUT2D eigenvalue weighted by Crippen LogP contribution is -2.35. The first kappa shape index (κ1) is 12.4. The largest absolute Gasteiger partial charge is 0.481 e. The third-order valence-electron chi connectivity index (χ3n) is 2.79. The van der Waals surface area contributed by atoms with Gasteiger partial charge in [-0.25, -0.2) is 12.7 Å². The molecule has 1 rings (SSSR count). The van der Waals surface area contributed by atoms with Gasteiger partial charge in [-0.1, -0.05) is 6.42 Å². The minimum atomic E-state index is -3.25. The average molecular weight is 235 g/mol. The second kappa shape index (κ2) is 4.94. The van der Waals surface area contributed by atoms with Crippen LogP contribution in [0.1, 0.15) is 25.7 Å². The Labute approximate surface area is 90.1 Å². The number of nitrogens with zero attached hydrogens (tertiary/aromatic N) is 1. The van der Waals surface area contributed by atoms with Crippen molar-refractivity contribution in [3.63, 3.8) is 0 Å². The normalized spacial score (nSPS) is 17.7. The standard InChI is InChI=1S/C9H17NO4S/c1-10(6-5-9(11)12)15(13,14)7-8-3-2-4-8/h8H,2-7H2,1H3,(H,11,12). The van der Waals surface area contributed by atoms with Crippen LogP contribution in [0.15, 0.2) is 0 Å². The predicted octanol–water partition coefficient (Wildman–Crippen LogP) is 0.523. The van der Waals surface area contributed by atoms with Crippen LogP contribution in [0.25, 0.3) is 0 Å². The van der Waals surface area contributed by atoms with E-state index in [0.717, 1.165) is 23.6 Å². The van der Waals surface area contributed by atoms with Gasteiger partial charge in [-0.15, -0.1) is 0 Å². The molecule has 15 heavy (non-hydrogen) atoms. The van der Waals surface area contributed by atoms with E-state index in [4.69, 9.17) is 5.11 Å². The number of hydrogen-bond donors (Lipinski definition) is 1. The summed E-state index contributed by atoms with van der Waals surface area (Å²) < 4.78 is 24.5. The van der Waals surface area contributed by atoms with Gasteiger partial charge in [0.2, 0.25) is 10.0 Å². The summed E-state index contributed by atoms with van der Waals surface area (Å²) in [7, 11) is -1.80. The van der Waals surface area contributed by atoms with E-state index >= 15 is 0 Å². The highest BCUT2D eigenvalue weighted by molar-refractivity contribution is 7.89. The van der Waals surface area contributed by atoms with Gasteiger partial charge in [0.15, 0.2) is 0 Å². The molecule has 0 bridgehead atoms. The number of hydrogen-bond acceptors (Lipinski definition) is 3. The van der Waals surface area contributed by atoms with E-state index < -0.39 is 16.0 Å². The molecule has 0 aromatic rings. The minimum absolute atomic E-state index is 0.0599. The summed E-state index contributed by atoms with van der Waals surface area (Å²) in [5.41, 5.74) is 0. The molecular weight excluding hydrogens is 218 g/mol. The average Bonchev–Trinajstić information content (AvgIpc) is 2.07. The molecule has 0 amide bonds. The molecule has 0 saturated heterocycles. The summed E-state index contributed by atoms with van der Waals surface area (Å²) in [4.78, 5) is 10.3. The summed E-state index contributed by atoms with van der Waals surface area (Å²) in [5.74, 6) is -0.522. The van der Waals surface area contributed by atoms with Crippen LogP contribution in [0.3, 0.4) is 0 Å². The number of carbonyl (C=O) groups is 1. The van der Waals surface area contributed by atoms with Crippen LogP contribution >= 0.6 is 0 Å². The molecule has 1 fully saturated rings. The lowest BCUT2D eigenvalue weighted by molar-refractivity contribution is -0.137. The first-order valence-electron chi connectivity index (χ1n) is 5.07. The summed E-state index contributed by atoms with van der Waals surface area (Å²) in [6, 6.07) is 0. The second-order valence-corrected chi connectivity index (χ2v) is 6.16. The van der Waals surface area contributed by atoms with Gasteiger partial charge in [0, 0.05) is 13.6 Å². The lowest BCUT2D eigenvalue weighted by atomic mass is 9.87. The van der Waals surface area contributed by atoms with Crippen LogP contribution in [-0.4, -0.2) is 43.1 Å². The Balaban J connectivity index is 2.41. The smallest absolute Gasteiger partial charge is 0.304 e. The summed E-state index contributed by atoms with van der Waals surface area (Å²) in [5, 5.41) is 8.45. The number of carboxylic acids is 1. The van der Waals surface area contributed by atoms with Gasteiger partial charge in [-0.3, -0.25) is 4.79 Å². The van der Waals surface area contributed by atoms with Gasteiger partial charge >= 0.3 is 5.97 Å². The van der Waals surface area contributed by atoms with Crippen molar-refractivity contribution in [2.45, 2.75) is 25.7 Å². The van der Waals surface area contributed by atoms with Crippen molar-refractivity contribution in [2.75, 3.05) is 19.3 Å². The topological polar surface area (TPSA) is 74.7 Å². The maximum absolute atomic E-state index is 11.7. The summed E-state index contributed by atoms with van der Waals surface area (Å²) >= 11 is 0. The zero-order chi connectivity index (χ0) is 11.5. The second-order valence-electron chi connectivity index (χ2n) is 4.04. The van der Waals surface area contributed by atoms with E-state index in [1.165, 1.54) is 7.05 Å². The van der Waals surface area contributed by atoms with Crippen molar-refractivity contribution in [3.8, 4) is 0 Å². The van der Waals surface area contributed by atoms with E-state index in [2.05, 4.69) is 0 Å². The maximum atomic E-state index is 11.7. The van der Waals surface area contributed by atoms with Gasteiger partial charge in [0.05, 0.1) is 12.2 Å². The van der Waals surface area contributed by atoms with Crippen LogP contribution < -0.4 is 0 Å². The van der Waals surface area contributed by atoms with E-state index in [1.807, 2.05) is 0 Å². The molecule has 1 N–H and O–H groups in total. The molecule has 0 aromatic carbocycles. The van der Waals surface area contributed by atoms with Crippen LogP contribution in [0, 0.1) is 5.92 Å². The Kier molecular flexibility index (Phi) is 4.10. The zero-order valence-electron chi connectivity index (χ0n) is 8.85. The predicted molar refractivity (Wildman–Crippen MR) is 56.0 cm³/mol. The first-order chi connectivity index (χ1) is 6.92. The van der Waals surface area contributed by atoms with Crippen molar-refractivity contribution in [3.05, 3.63) is 0 Å². The monoisotopic (exact) mass is 235 g/mol. The Morgan fingerprint density at radius 3 is 2.47 bits per heavy atom. The minimum Gasteiger partial charge on any atom is -0.481 e. The fourth-order valence-electron chi connectivity index (χ4n) is 1.48. The molecule has 6 heteroatoms. The van der Waals surface area contributed by atoms with Gasteiger partial charge < -0.3 is 5.11 Å². The maximum Gasteiger partial charge on any atom is 0.304 e. The lowest BCUT2D eigenvalue weighted by Gasteiger charge is -2.27. The SMILES string of the molecule is CN(CCC(=O)O)S(=O)(=O)CC1CCC1. The van der Waals surface area contributed by atoms with Crippen LogP contribution in [0.4, 0.5) is 0 Å². The third-order valence-corrected chi connectivity index (χ3v) is 4.81. The molecule has 0 heterocycles. The number of carboxylic acid groups (broad SMARTS) is 1. The number of aliphatic carboxylic acids is 1. The molecule has 0 radical (unpaired) electrons. The molecule has 88 valence electrons. The Morgan fingerprint density at radius 1 is 1.47 bits per heavy atom.